The number of carbonyl (C=O) groups is 1. The zero-order valence-corrected chi connectivity index (χ0v) is 20.0. The van der Waals surface area contributed by atoms with Crippen LogP contribution in [0.5, 0.6) is 0 Å². The molecule has 174 valence electrons. The standard InChI is InChI=1S/C25H37N5O2/c1-24(2,3)32-23(31)30-8-7-25(18-30)14-22(15-25)27-21-6-5-19(16-26)20(13-21)17-29-11-9-28(4)10-12-29/h5-6,13,22,27H,7-12,14-15,17-18H2,1-4H3. The molecule has 3 fully saturated rings. The number of nitrogens with one attached hydrogen (secondary N) is 1. The quantitative estimate of drug-likeness (QED) is 0.774. The van der Waals surface area contributed by atoms with Gasteiger partial charge in [0.15, 0.2) is 0 Å². The average molecular weight is 440 g/mol. The Bertz CT molecular complexity index is 873. The van der Waals surface area contributed by atoms with Gasteiger partial charge in [-0.3, -0.25) is 4.90 Å². The van der Waals surface area contributed by atoms with E-state index in [1.807, 2.05) is 37.8 Å². The first-order chi connectivity index (χ1) is 15.1. The molecule has 0 unspecified atom stereocenters. The van der Waals surface area contributed by atoms with E-state index >= 15 is 0 Å². The van der Waals surface area contributed by atoms with Crippen LogP contribution in [-0.2, 0) is 11.3 Å². The molecule has 7 nitrogen and oxygen atoms in total. The molecule has 1 spiro atoms. The topological polar surface area (TPSA) is 71.8 Å². The van der Waals surface area contributed by atoms with Gasteiger partial charge in [-0.15, -0.1) is 0 Å². The van der Waals surface area contributed by atoms with E-state index in [9.17, 15) is 10.1 Å². The van der Waals surface area contributed by atoms with Crippen LogP contribution in [0.4, 0.5) is 10.5 Å². The number of benzene rings is 1. The van der Waals surface area contributed by atoms with Crippen molar-refractivity contribution in [2.45, 2.75) is 58.2 Å². The lowest BCUT2D eigenvalue weighted by molar-refractivity contribution is 0.0237. The van der Waals surface area contributed by atoms with Crippen molar-refractivity contribution >= 4 is 11.8 Å². The second-order valence-electron chi connectivity index (χ2n) is 11.0. The first-order valence-corrected chi connectivity index (χ1v) is 11.8. The maximum atomic E-state index is 12.4. The number of hydrogen-bond acceptors (Lipinski definition) is 6. The third kappa shape index (κ3) is 5.36. The highest BCUT2D eigenvalue weighted by Gasteiger charge is 2.50. The van der Waals surface area contributed by atoms with E-state index in [1.165, 1.54) is 0 Å². The molecular weight excluding hydrogens is 402 g/mol. The Morgan fingerprint density at radius 1 is 1.22 bits per heavy atom. The highest BCUT2D eigenvalue weighted by Crippen LogP contribution is 2.49. The predicted octanol–water partition coefficient (Wildman–Crippen LogP) is 3.51. The fourth-order valence-electron chi connectivity index (χ4n) is 5.24. The fourth-order valence-corrected chi connectivity index (χ4v) is 5.24. The lowest BCUT2D eigenvalue weighted by atomic mass is 9.65. The first-order valence-electron chi connectivity index (χ1n) is 11.8. The lowest BCUT2D eigenvalue weighted by Crippen LogP contribution is -2.47. The molecule has 1 aliphatic carbocycles. The van der Waals surface area contributed by atoms with Gasteiger partial charge < -0.3 is 19.9 Å². The molecular formula is C25H37N5O2. The zero-order chi connectivity index (χ0) is 22.9. The van der Waals surface area contributed by atoms with E-state index in [-0.39, 0.29) is 11.5 Å². The van der Waals surface area contributed by atoms with E-state index in [4.69, 9.17) is 4.74 Å². The summed E-state index contributed by atoms with van der Waals surface area (Å²) in [6.45, 7) is 12.4. The summed E-state index contributed by atoms with van der Waals surface area (Å²) in [7, 11) is 2.16. The maximum Gasteiger partial charge on any atom is 0.410 e. The number of piperazine rings is 1. The largest absolute Gasteiger partial charge is 0.444 e. The number of ether oxygens (including phenoxy) is 1. The summed E-state index contributed by atoms with van der Waals surface area (Å²) >= 11 is 0. The molecule has 2 saturated heterocycles. The number of rotatable bonds is 4. The summed E-state index contributed by atoms with van der Waals surface area (Å²) in [5, 5.41) is 13.2. The smallest absolute Gasteiger partial charge is 0.410 e. The van der Waals surface area contributed by atoms with Gasteiger partial charge in [0, 0.05) is 57.5 Å². The number of carbonyl (C=O) groups excluding carboxylic acids is 1. The summed E-state index contributed by atoms with van der Waals surface area (Å²) in [5.41, 5.74) is 2.74. The van der Waals surface area contributed by atoms with Crippen molar-refractivity contribution in [2.75, 3.05) is 51.6 Å². The van der Waals surface area contributed by atoms with Crippen LogP contribution in [0.15, 0.2) is 18.2 Å². The van der Waals surface area contributed by atoms with Crippen LogP contribution in [0.2, 0.25) is 0 Å². The molecule has 4 rings (SSSR count). The average Bonchev–Trinajstić information content (AvgIpc) is 3.14. The number of likely N-dealkylation sites (N-methyl/N-ethyl adjacent to an activating group) is 1. The molecule has 1 N–H and O–H groups in total. The number of hydrogen-bond donors (Lipinski definition) is 1. The van der Waals surface area contributed by atoms with Gasteiger partial charge in [0.05, 0.1) is 11.6 Å². The van der Waals surface area contributed by atoms with Gasteiger partial charge in [0.1, 0.15) is 5.60 Å². The van der Waals surface area contributed by atoms with Gasteiger partial charge in [-0.25, -0.2) is 4.79 Å². The number of likely N-dealkylation sites (tertiary alicyclic amines) is 1. The summed E-state index contributed by atoms with van der Waals surface area (Å²) in [4.78, 5) is 19.0. The predicted molar refractivity (Wildman–Crippen MR) is 125 cm³/mol. The Kier molecular flexibility index (Phi) is 6.37. The van der Waals surface area contributed by atoms with E-state index in [1.54, 1.807) is 0 Å². The van der Waals surface area contributed by atoms with Crippen LogP contribution in [0.3, 0.4) is 0 Å². The van der Waals surface area contributed by atoms with Crippen molar-refractivity contribution in [3.05, 3.63) is 29.3 Å². The lowest BCUT2D eigenvalue weighted by Gasteiger charge is -2.45. The van der Waals surface area contributed by atoms with Crippen LogP contribution in [0, 0.1) is 16.7 Å². The van der Waals surface area contributed by atoms with Gasteiger partial charge in [0.2, 0.25) is 0 Å². The van der Waals surface area contributed by atoms with Crippen molar-refractivity contribution in [3.8, 4) is 6.07 Å². The third-order valence-corrected chi connectivity index (χ3v) is 7.04. The molecule has 2 heterocycles. The molecule has 1 amide bonds. The van der Waals surface area contributed by atoms with Crippen LogP contribution in [0.1, 0.15) is 51.2 Å². The van der Waals surface area contributed by atoms with Crippen molar-refractivity contribution in [3.63, 3.8) is 0 Å². The molecule has 2 aliphatic heterocycles. The Morgan fingerprint density at radius 2 is 1.94 bits per heavy atom. The van der Waals surface area contributed by atoms with E-state index in [0.717, 1.165) is 81.9 Å². The zero-order valence-electron chi connectivity index (χ0n) is 20.0. The normalized spacial score (nSPS) is 26.6. The van der Waals surface area contributed by atoms with Crippen molar-refractivity contribution < 1.29 is 9.53 Å². The summed E-state index contributed by atoms with van der Waals surface area (Å²) in [6, 6.07) is 8.90. The minimum absolute atomic E-state index is 0.188. The number of nitrogens with zero attached hydrogens (tertiary/aromatic N) is 4. The third-order valence-electron chi connectivity index (χ3n) is 7.04. The molecule has 0 radical (unpaired) electrons. The Morgan fingerprint density at radius 3 is 2.59 bits per heavy atom. The van der Waals surface area contributed by atoms with E-state index < -0.39 is 5.60 Å². The van der Waals surface area contributed by atoms with Crippen LogP contribution in [-0.4, -0.2) is 78.8 Å². The Balaban J connectivity index is 1.31. The summed E-state index contributed by atoms with van der Waals surface area (Å²) in [6.07, 6.45) is 3.00. The monoisotopic (exact) mass is 439 g/mol. The minimum Gasteiger partial charge on any atom is -0.444 e. The summed E-state index contributed by atoms with van der Waals surface area (Å²) in [5.74, 6) is 0. The number of nitriles is 1. The number of amides is 1. The van der Waals surface area contributed by atoms with Crippen LogP contribution >= 0.6 is 0 Å². The molecule has 1 aromatic carbocycles. The van der Waals surface area contributed by atoms with Gasteiger partial charge >= 0.3 is 6.09 Å². The molecule has 32 heavy (non-hydrogen) atoms. The van der Waals surface area contributed by atoms with E-state index in [0.29, 0.717) is 6.04 Å². The molecule has 1 aromatic rings. The SMILES string of the molecule is CN1CCN(Cc2cc(NC3CC4(CCN(C(=O)OC(C)(C)C)C4)C3)ccc2C#N)CC1. The van der Waals surface area contributed by atoms with Crippen molar-refractivity contribution in [1.29, 1.82) is 5.26 Å². The molecule has 3 aliphatic rings. The van der Waals surface area contributed by atoms with E-state index in [2.05, 4.69) is 34.3 Å². The highest BCUT2D eigenvalue weighted by atomic mass is 16.6. The van der Waals surface area contributed by atoms with Crippen LogP contribution in [0.25, 0.3) is 0 Å². The molecule has 0 aromatic heterocycles. The highest BCUT2D eigenvalue weighted by molar-refractivity contribution is 5.68. The Hall–Kier alpha value is -2.30. The fraction of sp³-hybridized carbons (Fsp3) is 0.680. The molecule has 0 atom stereocenters. The first kappa shape index (κ1) is 22.9. The van der Waals surface area contributed by atoms with Gasteiger partial charge in [-0.1, -0.05) is 0 Å². The second kappa shape index (κ2) is 8.92. The van der Waals surface area contributed by atoms with Gasteiger partial charge in [0.25, 0.3) is 0 Å². The molecule has 0 bridgehead atoms. The van der Waals surface area contributed by atoms with Crippen molar-refractivity contribution in [1.82, 2.24) is 14.7 Å². The second-order valence-corrected chi connectivity index (χ2v) is 11.0. The Labute approximate surface area is 192 Å². The van der Waals surface area contributed by atoms with Crippen molar-refractivity contribution in [2.24, 2.45) is 5.41 Å². The van der Waals surface area contributed by atoms with Crippen LogP contribution < -0.4 is 5.32 Å². The molecule has 1 saturated carbocycles. The number of anilines is 1. The van der Waals surface area contributed by atoms with Gasteiger partial charge in [-0.2, -0.15) is 5.26 Å². The summed E-state index contributed by atoms with van der Waals surface area (Å²) < 4.78 is 5.55. The minimum atomic E-state index is -0.450. The molecule has 7 heteroatoms. The maximum absolute atomic E-state index is 12.4. The van der Waals surface area contributed by atoms with Gasteiger partial charge in [-0.05, 0) is 76.3 Å².